The number of rotatable bonds is 4. The molecule has 5 heteroatoms. The number of esters is 1. The molecule has 0 heterocycles. The van der Waals surface area contributed by atoms with Crippen molar-refractivity contribution in [2.45, 2.75) is 13.3 Å². The minimum atomic E-state index is -0.803. The number of fused-ring (bicyclic) bond motifs is 1. The van der Waals surface area contributed by atoms with Crippen molar-refractivity contribution >= 4 is 22.9 Å². The maximum atomic E-state index is 11.6. The highest BCUT2D eigenvalue weighted by atomic mass is 16.7. The summed E-state index contributed by atoms with van der Waals surface area (Å²) in [6, 6.07) is 8.86. The molecule has 5 nitrogen and oxygen atoms in total. The number of hydrogen-bond acceptors (Lipinski definition) is 5. The predicted octanol–water partition coefficient (Wildman–Crippen LogP) is 3.64. The fourth-order valence-corrected chi connectivity index (χ4v) is 2.11. The van der Waals surface area contributed by atoms with Gasteiger partial charge in [0.25, 0.3) is 0 Å². The van der Waals surface area contributed by atoms with Gasteiger partial charge >= 0.3 is 12.1 Å². The number of ether oxygens (including phenoxy) is 3. The first kappa shape index (κ1) is 15.6. The van der Waals surface area contributed by atoms with Crippen LogP contribution in [-0.2, 0) is 16.0 Å². The highest BCUT2D eigenvalue weighted by Gasteiger charge is 2.17. The Morgan fingerprint density at radius 2 is 1.86 bits per heavy atom. The molecule has 2 rings (SSSR count). The van der Waals surface area contributed by atoms with Gasteiger partial charge in [-0.25, -0.2) is 9.59 Å². The van der Waals surface area contributed by atoms with E-state index in [0.29, 0.717) is 28.7 Å². The molecule has 0 saturated heterocycles. The number of aryl methyl sites for hydroxylation is 1. The van der Waals surface area contributed by atoms with E-state index in [-0.39, 0.29) is 0 Å². The third-order valence-electron chi connectivity index (χ3n) is 3.14. The molecule has 0 unspecified atom stereocenters. The van der Waals surface area contributed by atoms with E-state index in [1.54, 1.807) is 24.3 Å². The van der Waals surface area contributed by atoms with Crippen molar-refractivity contribution < 1.29 is 23.8 Å². The fraction of sp³-hybridized carbons (Fsp3) is 0.176. The summed E-state index contributed by atoms with van der Waals surface area (Å²) in [6.45, 7) is 5.31. The highest BCUT2D eigenvalue weighted by Crippen LogP contribution is 2.37. The fourth-order valence-electron chi connectivity index (χ4n) is 2.11. The normalized spacial score (nSPS) is 10.1. The predicted molar refractivity (Wildman–Crippen MR) is 82.2 cm³/mol. The maximum Gasteiger partial charge on any atom is 0.513 e. The van der Waals surface area contributed by atoms with Crippen LogP contribution in [-0.4, -0.2) is 19.2 Å². The lowest BCUT2D eigenvalue weighted by Gasteiger charge is -2.14. The van der Waals surface area contributed by atoms with Crippen molar-refractivity contribution in [3.63, 3.8) is 0 Å². The zero-order valence-corrected chi connectivity index (χ0v) is 12.4. The molecule has 0 spiro atoms. The molecular weight excluding hydrogens is 284 g/mol. The summed E-state index contributed by atoms with van der Waals surface area (Å²) in [7, 11) is 1.24. The Kier molecular flexibility index (Phi) is 4.78. The van der Waals surface area contributed by atoms with E-state index >= 15 is 0 Å². The van der Waals surface area contributed by atoms with Gasteiger partial charge in [0, 0.05) is 16.8 Å². The average Bonchev–Trinajstić information content (AvgIpc) is 2.56. The van der Waals surface area contributed by atoms with E-state index in [2.05, 4.69) is 11.3 Å². The SMILES string of the molecule is C=CC(=O)Oc1c(CC)cc(OC(=O)OC)c2ccccc12. The molecule has 0 aliphatic heterocycles. The largest absolute Gasteiger partial charge is 0.513 e. The lowest BCUT2D eigenvalue weighted by molar-refractivity contribution is -0.128. The Labute approximate surface area is 128 Å². The molecule has 0 saturated carbocycles. The molecule has 0 N–H and O–H groups in total. The van der Waals surface area contributed by atoms with Crippen molar-refractivity contribution in [2.24, 2.45) is 0 Å². The summed E-state index contributed by atoms with van der Waals surface area (Å²) in [5.74, 6) is 0.263. The lowest BCUT2D eigenvalue weighted by Crippen LogP contribution is -2.10. The summed E-state index contributed by atoms with van der Waals surface area (Å²) < 4.78 is 15.1. The van der Waals surface area contributed by atoms with Gasteiger partial charge in [0.2, 0.25) is 0 Å². The molecule has 0 aliphatic rings. The van der Waals surface area contributed by atoms with E-state index in [0.717, 1.165) is 11.6 Å². The van der Waals surface area contributed by atoms with Gasteiger partial charge in [-0.05, 0) is 18.1 Å². The van der Waals surface area contributed by atoms with Crippen LogP contribution in [0.25, 0.3) is 10.8 Å². The van der Waals surface area contributed by atoms with Crippen LogP contribution < -0.4 is 9.47 Å². The molecule has 0 fully saturated rings. The van der Waals surface area contributed by atoms with Gasteiger partial charge in [0.15, 0.2) is 0 Å². The summed E-state index contributed by atoms with van der Waals surface area (Å²) in [5.41, 5.74) is 0.743. The van der Waals surface area contributed by atoms with Gasteiger partial charge in [-0.1, -0.05) is 37.8 Å². The van der Waals surface area contributed by atoms with Gasteiger partial charge in [0.05, 0.1) is 7.11 Å². The van der Waals surface area contributed by atoms with Gasteiger partial charge in [-0.15, -0.1) is 0 Å². The first-order valence-electron chi connectivity index (χ1n) is 6.75. The third-order valence-corrected chi connectivity index (χ3v) is 3.14. The van der Waals surface area contributed by atoms with Crippen molar-refractivity contribution in [3.8, 4) is 11.5 Å². The van der Waals surface area contributed by atoms with Crippen LogP contribution in [0.4, 0.5) is 4.79 Å². The molecule has 0 bridgehead atoms. The molecule has 114 valence electrons. The molecule has 0 atom stereocenters. The van der Waals surface area contributed by atoms with Crippen LogP contribution in [0, 0.1) is 0 Å². The molecule has 0 aromatic heterocycles. The highest BCUT2D eigenvalue weighted by molar-refractivity contribution is 5.97. The summed E-state index contributed by atoms with van der Waals surface area (Å²) in [6.07, 6.45) is 0.901. The van der Waals surface area contributed by atoms with Crippen LogP contribution >= 0.6 is 0 Å². The Bertz CT molecular complexity index is 733. The monoisotopic (exact) mass is 300 g/mol. The number of methoxy groups -OCH3 is 1. The molecule has 2 aromatic rings. The Balaban J connectivity index is 2.65. The Morgan fingerprint density at radius 3 is 2.45 bits per heavy atom. The number of carbonyl (C=O) groups excluding carboxylic acids is 2. The van der Waals surface area contributed by atoms with Crippen molar-refractivity contribution in [1.29, 1.82) is 0 Å². The van der Waals surface area contributed by atoms with Crippen molar-refractivity contribution in [1.82, 2.24) is 0 Å². The first-order valence-corrected chi connectivity index (χ1v) is 6.75. The topological polar surface area (TPSA) is 61.8 Å². The zero-order valence-electron chi connectivity index (χ0n) is 12.4. The maximum absolute atomic E-state index is 11.6. The molecule has 0 radical (unpaired) electrons. The summed E-state index contributed by atoms with van der Waals surface area (Å²) >= 11 is 0. The van der Waals surface area contributed by atoms with E-state index < -0.39 is 12.1 Å². The number of hydrogen-bond donors (Lipinski definition) is 0. The summed E-state index contributed by atoms with van der Waals surface area (Å²) in [5, 5.41) is 1.33. The minimum Gasteiger partial charge on any atom is -0.437 e. The van der Waals surface area contributed by atoms with Gasteiger partial charge < -0.3 is 14.2 Å². The zero-order chi connectivity index (χ0) is 16.1. The van der Waals surface area contributed by atoms with Gasteiger partial charge in [0.1, 0.15) is 11.5 Å². The minimum absolute atomic E-state index is 0.359. The standard InChI is InChI=1S/C17H16O5/c1-4-11-10-14(21-17(19)20-3)12-8-6-7-9-13(12)16(11)22-15(18)5-2/h5-10H,2,4H2,1,3H3. The second kappa shape index (κ2) is 6.76. The Morgan fingerprint density at radius 1 is 1.18 bits per heavy atom. The van der Waals surface area contributed by atoms with E-state index in [1.165, 1.54) is 7.11 Å². The van der Waals surface area contributed by atoms with Crippen LogP contribution in [0.2, 0.25) is 0 Å². The van der Waals surface area contributed by atoms with E-state index in [4.69, 9.17) is 9.47 Å². The molecule has 0 amide bonds. The second-order valence-corrected chi connectivity index (χ2v) is 4.44. The third kappa shape index (κ3) is 3.09. The van der Waals surface area contributed by atoms with Crippen LogP contribution in [0.3, 0.4) is 0 Å². The van der Waals surface area contributed by atoms with Gasteiger partial charge in [-0.3, -0.25) is 0 Å². The summed E-state index contributed by atoms with van der Waals surface area (Å²) in [4.78, 5) is 22.9. The van der Waals surface area contributed by atoms with Crippen molar-refractivity contribution in [3.05, 3.63) is 48.6 Å². The second-order valence-electron chi connectivity index (χ2n) is 4.44. The van der Waals surface area contributed by atoms with Crippen molar-refractivity contribution in [2.75, 3.05) is 7.11 Å². The quantitative estimate of drug-likeness (QED) is 0.373. The molecule has 0 aliphatic carbocycles. The average molecular weight is 300 g/mol. The Hall–Kier alpha value is -2.82. The van der Waals surface area contributed by atoms with Gasteiger partial charge in [-0.2, -0.15) is 0 Å². The lowest BCUT2D eigenvalue weighted by atomic mass is 10.0. The van der Waals surface area contributed by atoms with Crippen LogP contribution in [0.1, 0.15) is 12.5 Å². The van der Waals surface area contributed by atoms with E-state index in [9.17, 15) is 9.59 Å². The molecule has 22 heavy (non-hydrogen) atoms. The number of benzene rings is 2. The molecule has 2 aromatic carbocycles. The first-order chi connectivity index (χ1) is 10.6. The van der Waals surface area contributed by atoms with E-state index in [1.807, 2.05) is 13.0 Å². The van der Waals surface area contributed by atoms with Crippen LogP contribution in [0.15, 0.2) is 43.0 Å². The smallest absolute Gasteiger partial charge is 0.437 e. The number of carbonyl (C=O) groups is 2. The van der Waals surface area contributed by atoms with Crippen LogP contribution in [0.5, 0.6) is 11.5 Å². The molecular formula is C17H16O5.